The molecule has 0 aliphatic carbocycles. The molecule has 0 fully saturated rings. The van der Waals surface area contributed by atoms with Crippen LogP contribution in [-0.2, 0) is 27.7 Å². The zero-order valence-electron chi connectivity index (χ0n) is 30.0. The number of sulfonamides is 1. The van der Waals surface area contributed by atoms with Crippen LogP contribution in [0, 0.1) is 0 Å². The number of hydrogen-bond donors (Lipinski definition) is 3. The number of carbonyl (C=O) groups excluding carboxylic acids is 3. The van der Waals surface area contributed by atoms with Gasteiger partial charge >= 0.3 is 0 Å². The maximum atomic E-state index is 14.0. The first-order valence-corrected chi connectivity index (χ1v) is 18.8. The van der Waals surface area contributed by atoms with Gasteiger partial charge in [0.25, 0.3) is 11.8 Å². The summed E-state index contributed by atoms with van der Waals surface area (Å²) >= 11 is 0. The van der Waals surface area contributed by atoms with Crippen LogP contribution >= 0.6 is 0 Å². The zero-order chi connectivity index (χ0) is 36.7. The van der Waals surface area contributed by atoms with Crippen molar-refractivity contribution in [3.8, 4) is 0 Å². The summed E-state index contributed by atoms with van der Waals surface area (Å²) in [6.07, 6.45) is 2.37. The predicted molar refractivity (Wildman–Crippen MR) is 196 cm³/mol. The number of rotatable bonds is 20. The van der Waals surface area contributed by atoms with Crippen LogP contribution in [0.5, 0.6) is 0 Å². The van der Waals surface area contributed by atoms with E-state index in [1.54, 1.807) is 9.91 Å². The van der Waals surface area contributed by atoms with Crippen LogP contribution < -0.4 is 10.7 Å². The van der Waals surface area contributed by atoms with E-state index in [9.17, 15) is 27.9 Å². The predicted octanol–water partition coefficient (Wildman–Crippen LogP) is 4.28. The number of carbonyl (C=O) groups is 3. The number of nitrogens with one attached hydrogen (secondary N) is 2. The van der Waals surface area contributed by atoms with Crippen molar-refractivity contribution in [2.45, 2.75) is 76.3 Å². The lowest BCUT2D eigenvalue weighted by molar-refractivity contribution is -0.126. The van der Waals surface area contributed by atoms with E-state index in [-0.39, 0.29) is 47.2 Å². The Morgan fingerprint density at radius 2 is 1.36 bits per heavy atom. The minimum absolute atomic E-state index is 0.0199. The molecule has 12 heteroatoms. The molecule has 0 bridgehead atoms. The van der Waals surface area contributed by atoms with Crippen molar-refractivity contribution in [3.63, 3.8) is 0 Å². The number of nitrogens with zero attached hydrogens (tertiary/aromatic N) is 3. The van der Waals surface area contributed by atoms with Crippen LogP contribution in [0.2, 0.25) is 0 Å². The van der Waals surface area contributed by atoms with Gasteiger partial charge in [0.05, 0.1) is 23.5 Å². The highest BCUT2D eigenvalue weighted by atomic mass is 32.2. The van der Waals surface area contributed by atoms with Crippen LogP contribution in [0.25, 0.3) is 0 Å². The van der Waals surface area contributed by atoms with E-state index in [4.69, 9.17) is 0 Å². The van der Waals surface area contributed by atoms with Gasteiger partial charge in [0, 0.05) is 51.4 Å². The molecule has 3 aromatic carbocycles. The topological polar surface area (TPSA) is 139 Å². The highest BCUT2D eigenvalue weighted by Crippen LogP contribution is 2.21. The normalized spacial score (nSPS) is 12.8. The Hall–Kier alpha value is -4.10. The summed E-state index contributed by atoms with van der Waals surface area (Å²) in [4.78, 5) is 42.1. The molecule has 0 radical (unpaired) electrons. The van der Waals surface area contributed by atoms with Gasteiger partial charge < -0.3 is 15.3 Å². The van der Waals surface area contributed by atoms with Gasteiger partial charge in [-0.15, -0.1) is 0 Å². The summed E-state index contributed by atoms with van der Waals surface area (Å²) in [6, 6.07) is 21.9. The smallest absolute Gasteiger partial charge is 0.253 e. The first-order chi connectivity index (χ1) is 23.9. The fraction of sp³-hybridized carbons (Fsp3) is 0.447. The molecule has 2 unspecified atom stereocenters. The first kappa shape index (κ1) is 40.3. The van der Waals surface area contributed by atoms with Crippen molar-refractivity contribution < 1.29 is 27.9 Å². The molecule has 272 valence electrons. The van der Waals surface area contributed by atoms with Gasteiger partial charge in [-0.2, -0.15) is 0 Å². The minimum Gasteiger partial charge on any atom is -0.390 e. The molecule has 0 aromatic heterocycles. The maximum absolute atomic E-state index is 14.0. The van der Waals surface area contributed by atoms with Crippen LogP contribution in [0.3, 0.4) is 0 Å². The third kappa shape index (κ3) is 12.0. The van der Waals surface area contributed by atoms with E-state index >= 15 is 0 Å². The second kappa shape index (κ2) is 19.9. The van der Waals surface area contributed by atoms with Gasteiger partial charge in [0.1, 0.15) is 0 Å². The molecule has 50 heavy (non-hydrogen) atoms. The molecule has 0 spiro atoms. The monoisotopic (exact) mass is 707 g/mol. The van der Waals surface area contributed by atoms with Gasteiger partial charge in [-0.1, -0.05) is 87.9 Å². The van der Waals surface area contributed by atoms with Crippen molar-refractivity contribution in [3.05, 3.63) is 101 Å². The van der Waals surface area contributed by atoms with E-state index in [1.165, 1.54) is 32.3 Å². The zero-order valence-corrected chi connectivity index (χ0v) is 30.8. The molecule has 0 saturated heterocycles. The fourth-order valence-corrected chi connectivity index (χ4v) is 6.52. The third-order valence-corrected chi connectivity index (χ3v) is 10.0. The summed E-state index contributed by atoms with van der Waals surface area (Å²) in [6.45, 7) is 7.44. The number of aliphatic hydroxyl groups is 1. The average molecular weight is 708 g/mol. The lowest BCUT2D eigenvalue weighted by Gasteiger charge is -2.30. The summed E-state index contributed by atoms with van der Waals surface area (Å²) in [7, 11) is -1.23. The van der Waals surface area contributed by atoms with Crippen molar-refractivity contribution in [2.75, 3.05) is 40.3 Å². The molecule has 0 saturated carbocycles. The van der Waals surface area contributed by atoms with Gasteiger partial charge in [-0.3, -0.25) is 19.8 Å². The number of benzene rings is 3. The SMILES string of the molecule is CCCCN(CC(O)C(Cc1ccccc1)NC(=O)c1cc(C(=O)N(CCC)CCC)cc(S(=O)(=O)N(C)C)c1)NC(=O)Cc1ccccc1. The number of hydrazine groups is 1. The van der Waals surface area contributed by atoms with Gasteiger partial charge in [-0.25, -0.2) is 17.7 Å². The highest BCUT2D eigenvalue weighted by Gasteiger charge is 2.28. The quantitative estimate of drug-likeness (QED) is 0.149. The Balaban J connectivity index is 1.95. The van der Waals surface area contributed by atoms with E-state index in [1.807, 2.05) is 81.4 Å². The number of amides is 3. The summed E-state index contributed by atoms with van der Waals surface area (Å²) < 4.78 is 27.6. The average Bonchev–Trinajstić information content (AvgIpc) is 3.10. The molecule has 3 amide bonds. The van der Waals surface area contributed by atoms with Gasteiger partial charge in [0.15, 0.2) is 0 Å². The molecule has 3 rings (SSSR count). The lowest BCUT2D eigenvalue weighted by atomic mass is 10.00. The summed E-state index contributed by atoms with van der Waals surface area (Å²) in [5.74, 6) is -1.22. The molecule has 0 heterocycles. The maximum Gasteiger partial charge on any atom is 0.253 e. The number of unbranched alkanes of at least 4 members (excludes halogenated alkanes) is 1. The van der Waals surface area contributed by atoms with E-state index in [0.717, 1.165) is 41.1 Å². The minimum atomic E-state index is -4.01. The number of aliphatic hydroxyl groups excluding tert-OH is 1. The fourth-order valence-electron chi connectivity index (χ4n) is 5.55. The highest BCUT2D eigenvalue weighted by molar-refractivity contribution is 7.89. The van der Waals surface area contributed by atoms with Gasteiger partial charge in [-0.05, 0) is 55.0 Å². The van der Waals surface area contributed by atoms with Crippen molar-refractivity contribution in [1.29, 1.82) is 0 Å². The summed E-state index contributed by atoms with van der Waals surface area (Å²) in [5, 5.41) is 16.3. The second-order valence-corrected chi connectivity index (χ2v) is 14.8. The van der Waals surface area contributed by atoms with E-state index in [2.05, 4.69) is 10.7 Å². The van der Waals surface area contributed by atoms with Gasteiger partial charge in [0.2, 0.25) is 15.9 Å². The second-order valence-electron chi connectivity index (χ2n) is 12.7. The molecule has 11 nitrogen and oxygen atoms in total. The largest absolute Gasteiger partial charge is 0.390 e. The Morgan fingerprint density at radius 3 is 1.92 bits per heavy atom. The Labute approximate surface area is 297 Å². The molecule has 3 N–H and O–H groups in total. The standard InChI is InChI=1S/C38H53N5O6S/c1-6-9-22-43(40-36(45)24-30-18-14-11-15-19-30)28-35(44)34(23-29-16-12-10-13-17-29)39-37(46)31-25-32(38(47)42(20-7-2)21-8-3)27-33(26-31)50(48,49)41(4)5/h10-19,25-27,34-35,44H,6-9,20-24,28H2,1-5H3,(H,39,46)(H,40,45). The lowest BCUT2D eigenvalue weighted by Crippen LogP contribution is -2.53. The molecule has 0 aliphatic rings. The number of hydrogen-bond acceptors (Lipinski definition) is 7. The Bertz CT molecular complexity index is 1630. The van der Waals surface area contributed by atoms with Crippen molar-refractivity contribution in [1.82, 2.24) is 25.0 Å². The van der Waals surface area contributed by atoms with Crippen LogP contribution in [0.1, 0.15) is 78.3 Å². The van der Waals surface area contributed by atoms with Crippen molar-refractivity contribution >= 4 is 27.7 Å². The van der Waals surface area contributed by atoms with E-state index in [0.29, 0.717) is 19.6 Å². The third-order valence-electron chi connectivity index (χ3n) is 8.23. The molecular weight excluding hydrogens is 655 g/mol. The first-order valence-electron chi connectivity index (χ1n) is 17.4. The van der Waals surface area contributed by atoms with Crippen LogP contribution in [0.15, 0.2) is 83.8 Å². The van der Waals surface area contributed by atoms with Crippen molar-refractivity contribution in [2.24, 2.45) is 0 Å². The Morgan fingerprint density at radius 1 is 0.780 bits per heavy atom. The van der Waals surface area contributed by atoms with Crippen LogP contribution in [-0.4, -0.2) is 97.9 Å². The summed E-state index contributed by atoms with van der Waals surface area (Å²) in [5.41, 5.74) is 4.72. The molecule has 3 aromatic rings. The molecule has 0 aliphatic heterocycles. The molecule has 2 atom stereocenters. The van der Waals surface area contributed by atoms with Crippen LogP contribution in [0.4, 0.5) is 0 Å². The Kier molecular flexibility index (Phi) is 16.1. The molecular formula is C38H53N5O6S. The van der Waals surface area contributed by atoms with E-state index < -0.39 is 28.1 Å².